The molecule has 1 amide bonds. The first-order chi connectivity index (χ1) is 8.56. The molecule has 0 unspecified atom stereocenters. The number of anilines is 1. The topological polar surface area (TPSA) is 42.0 Å². The van der Waals surface area contributed by atoms with Crippen LogP contribution in [0.2, 0.25) is 5.15 Å². The first kappa shape index (κ1) is 13.3. The number of pyridine rings is 1. The molecule has 2 rings (SSSR count). The predicted molar refractivity (Wildman–Crippen MR) is 81.1 cm³/mol. The highest BCUT2D eigenvalue weighted by Gasteiger charge is 2.09. The minimum atomic E-state index is -0.192. The number of carbonyl (C=O) groups is 1. The summed E-state index contributed by atoms with van der Waals surface area (Å²) in [6.45, 7) is 1.89. The Morgan fingerprint density at radius 2 is 2.17 bits per heavy atom. The molecule has 18 heavy (non-hydrogen) atoms. The lowest BCUT2D eigenvalue weighted by atomic mass is 10.2. The number of nitrogens with zero attached hydrogens (tertiary/aromatic N) is 1. The SMILES string of the molecule is Cc1cnc(Cl)c(NC(=O)c2cccc(I)c2)c1. The Balaban J connectivity index is 2.24. The highest BCUT2D eigenvalue weighted by Crippen LogP contribution is 2.20. The lowest BCUT2D eigenvalue weighted by Gasteiger charge is -2.07. The third-order valence-electron chi connectivity index (χ3n) is 2.31. The van der Waals surface area contributed by atoms with Crippen LogP contribution < -0.4 is 5.32 Å². The van der Waals surface area contributed by atoms with Crippen molar-refractivity contribution in [2.45, 2.75) is 6.92 Å². The average molecular weight is 373 g/mol. The fraction of sp³-hybridized carbons (Fsp3) is 0.0769. The standard InChI is InChI=1S/C13H10ClIN2O/c1-8-5-11(12(14)16-7-8)17-13(18)9-3-2-4-10(15)6-9/h2-7H,1H3,(H,17,18). The van der Waals surface area contributed by atoms with E-state index in [4.69, 9.17) is 11.6 Å². The number of benzene rings is 1. The Bertz CT molecular complexity index is 601. The monoisotopic (exact) mass is 372 g/mol. The van der Waals surface area contributed by atoms with Crippen molar-refractivity contribution in [3.63, 3.8) is 0 Å². The zero-order valence-electron chi connectivity index (χ0n) is 9.58. The Hall–Kier alpha value is -1.14. The molecule has 5 heteroatoms. The van der Waals surface area contributed by atoms with Gasteiger partial charge in [0.1, 0.15) is 0 Å². The maximum atomic E-state index is 12.0. The number of amides is 1. The Kier molecular flexibility index (Phi) is 4.19. The molecule has 0 saturated heterocycles. The molecular formula is C13H10ClIN2O. The molecule has 1 N–H and O–H groups in total. The number of nitrogens with one attached hydrogen (secondary N) is 1. The van der Waals surface area contributed by atoms with Crippen LogP contribution in [0.25, 0.3) is 0 Å². The van der Waals surface area contributed by atoms with Gasteiger partial charge in [0.2, 0.25) is 0 Å². The summed E-state index contributed by atoms with van der Waals surface area (Å²) in [4.78, 5) is 16.0. The minimum Gasteiger partial charge on any atom is -0.319 e. The second-order valence-corrected chi connectivity index (χ2v) is 5.42. The Morgan fingerprint density at radius 3 is 2.89 bits per heavy atom. The third-order valence-corrected chi connectivity index (χ3v) is 3.28. The van der Waals surface area contributed by atoms with E-state index in [0.717, 1.165) is 9.13 Å². The average Bonchev–Trinajstić information content (AvgIpc) is 2.34. The van der Waals surface area contributed by atoms with Gasteiger partial charge in [-0.05, 0) is 59.3 Å². The molecule has 3 nitrogen and oxygen atoms in total. The van der Waals surface area contributed by atoms with E-state index in [-0.39, 0.29) is 5.91 Å². The van der Waals surface area contributed by atoms with Crippen LogP contribution in [0.4, 0.5) is 5.69 Å². The lowest BCUT2D eigenvalue weighted by Crippen LogP contribution is -2.12. The number of aromatic nitrogens is 1. The number of rotatable bonds is 2. The molecule has 0 saturated carbocycles. The Labute approximate surface area is 124 Å². The minimum absolute atomic E-state index is 0.192. The van der Waals surface area contributed by atoms with E-state index >= 15 is 0 Å². The van der Waals surface area contributed by atoms with Crippen LogP contribution in [-0.2, 0) is 0 Å². The smallest absolute Gasteiger partial charge is 0.255 e. The van der Waals surface area contributed by atoms with Crippen molar-refractivity contribution in [2.24, 2.45) is 0 Å². The van der Waals surface area contributed by atoms with Crippen molar-refractivity contribution in [1.82, 2.24) is 4.98 Å². The first-order valence-corrected chi connectivity index (χ1v) is 6.71. The molecule has 1 aromatic heterocycles. The van der Waals surface area contributed by atoms with Gasteiger partial charge in [0.15, 0.2) is 5.15 Å². The summed E-state index contributed by atoms with van der Waals surface area (Å²) in [5, 5.41) is 3.05. The van der Waals surface area contributed by atoms with Crippen molar-refractivity contribution in [3.8, 4) is 0 Å². The van der Waals surface area contributed by atoms with Gasteiger partial charge in [-0.1, -0.05) is 17.7 Å². The second kappa shape index (κ2) is 5.67. The van der Waals surface area contributed by atoms with Gasteiger partial charge in [-0.15, -0.1) is 0 Å². The predicted octanol–water partition coefficient (Wildman–Crippen LogP) is 3.90. The molecule has 0 aliphatic rings. The summed E-state index contributed by atoms with van der Waals surface area (Å²) in [6, 6.07) is 9.13. The Morgan fingerprint density at radius 1 is 1.39 bits per heavy atom. The number of carbonyl (C=O) groups excluding carboxylic acids is 1. The van der Waals surface area contributed by atoms with Gasteiger partial charge in [-0.3, -0.25) is 4.79 Å². The van der Waals surface area contributed by atoms with Crippen LogP contribution in [0, 0.1) is 10.5 Å². The van der Waals surface area contributed by atoms with Crippen LogP contribution in [-0.4, -0.2) is 10.9 Å². The molecule has 0 aliphatic carbocycles. The molecule has 1 heterocycles. The van der Waals surface area contributed by atoms with E-state index in [1.165, 1.54) is 0 Å². The van der Waals surface area contributed by atoms with Crippen molar-refractivity contribution < 1.29 is 4.79 Å². The molecule has 0 radical (unpaired) electrons. The van der Waals surface area contributed by atoms with E-state index in [9.17, 15) is 4.79 Å². The van der Waals surface area contributed by atoms with Gasteiger partial charge in [0.25, 0.3) is 5.91 Å². The highest BCUT2D eigenvalue weighted by atomic mass is 127. The van der Waals surface area contributed by atoms with E-state index in [1.54, 1.807) is 18.3 Å². The maximum absolute atomic E-state index is 12.0. The number of aryl methyl sites for hydroxylation is 1. The molecule has 0 atom stereocenters. The number of hydrogen-bond acceptors (Lipinski definition) is 2. The molecule has 0 bridgehead atoms. The van der Waals surface area contributed by atoms with Gasteiger partial charge >= 0.3 is 0 Å². The summed E-state index contributed by atoms with van der Waals surface area (Å²) in [7, 11) is 0. The van der Waals surface area contributed by atoms with Crippen LogP contribution in [0.5, 0.6) is 0 Å². The van der Waals surface area contributed by atoms with Gasteiger partial charge in [0, 0.05) is 15.3 Å². The maximum Gasteiger partial charge on any atom is 0.255 e. The van der Waals surface area contributed by atoms with Gasteiger partial charge in [-0.25, -0.2) is 4.98 Å². The fourth-order valence-electron chi connectivity index (χ4n) is 1.46. The first-order valence-electron chi connectivity index (χ1n) is 5.25. The number of hydrogen-bond donors (Lipinski definition) is 1. The van der Waals surface area contributed by atoms with Crippen molar-refractivity contribution in [2.75, 3.05) is 5.32 Å². The second-order valence-electron chi connectivity index (χ2n) is 3.82. The zero-order valence-corrected chi connectivity index (χ0v) is 12.5. The molecule has 1 aromatic carbocycles. The summed E-state index contributed by atoms with van der Waals surface area (Å²) < 4.78 is 1.01. The van der Waals surface area contributed by atoms with Gasteiger partial charge in [-0.2, -0.15) is 0 Å². The summed E-state index contributed by atoms with van der Waals surface area (Å²) in [6.07, 6.45) is 1.66. The van der Waals surface area contributed by atoms with Gasteiger partial charge < -0.3 is 5.32 Å². The summed E-state index contributed by atoms with van der Waals surface area (Å²) in [5.41, 5.74) is 2.07. The van der Waals surface area contributed by atoms with Crippen LogP contribution in [0.15, 0.2) is 36.5 Å². The lowest BCUT2D eigenvalue weighted by molar-refractivity contribution is 0.102. The van der Waals surface area contributed by atoms with Crippen molar-refractivity contribution in [1.29, 1.82) is 0 Å². The molecule has 0 spiro atoms. The normalized spacial score (nSPS) is 10.2. The fourth-order valence-corrected chi connectivity index (χ4v) is 2.16. The van der Waals surface area contributed by atoms with Crippen LogP contribution in [0.1, 0.15) is 15.9 Å². The van der Waals surface area contributed by atoms with Gasteiger partial charge in [0.05, 0.1) is 5.69 Å². The van der Waals surface area contributed by atoms with E-state index in [2.05, 4.69) is 32.9 Å². The zero-order chi connectivity index (χ0) is 13.1. The molecule has 0 aliphatic heterocycles. The largest absolute Gasteiger partial charge is 0.319 e. The summed E-state index contributed by atoms with van der Waals surface area (Å²) >= 11 is 8.10. The van der Waals surface area contributed by atoms with Crippen molar-refractivity contribution >= 4 is 45.8 Å². The van der Waals surface area contributed by atoms with E-state index < -0.39 is 0 Å². The highest BCUT2D eigenvalue weighted by molar-refractivity contribution is 14.1. The molecule has 0 fully saturated rings. The van der Waals surface area contributed by atoms with Crippen LogP contribution >= 0.6 is 34.2 Å². The summed E-state index contributed by atoms with van der Waals surface area (Å²) in [5.74, 6) is -0.192. The number of halogens is 2. The molecular weight excluding hydrogens is 363 g/mol. The third kappa shape index (κ3) is 3.20. The van der Waals surface area contributed by atoms with Crippen LogP contribution in [0.3, 0.4) is 0 Å². The van der Waals surface area contributed by atoms with E-state index in [1.807, 2.05) is 25.1 Å². The van der Waals surface area contributed by atoms with E-state index in [0.29, 0.717) is 16.4 Å². The molecule has 92 valence electrons. The quantitative estimate of drug-likeness (QED) is 0.642. The molecule has 2 aromatic rings. The van der Waals surface area contributed by atoms with Crippen molar-refractivity contribution in [3.05, 3.63) is 56.4 Å².